The minimum Gasteiger partial charge on any atom is -0.465 e. The van der Waals surface area contributed by atoms with Crippen molar-refractivity contribution < 1.29 is 9.21 Å². The van der Waals surface area contributed by atoms with Crippen molar-refractivity contribution >= 4 is 40.3 Å². The molecule has 134 valence electrons. The van der Waals surface area contributed by atoms with Gasteiger partial charge in [-0.1, -0.05) is 11.6 Å². The van der Waals surface area contributed by atoms with E-state index in [2.05, 4.69) is 15.5 Å². The van der Waals surface area contributed by atoms with Gasteiger partial charge in [0.25, 0.3) is 0 Å². The van der Waals surface area contributed by atoms with Gasteiger partial charge in [-0.15, -0.1) is 10.2 Å². The second-order valence-corrected chi connectivity index (χ2v) is 6.40. The van der Waals surface area contributed by atoms with Gasteiger partial charge in [0, 0.05) is 16.8 Å². The summed E-state index contributed by atoms with van der Waals surface area (Å²) in [5.41, 5.74) is 3.80. The number of hydrogen-bond donors (Lipinski definition) is 1. The Labute approximate surface area is 160 Å². The van der Waals surface area contributed by atoms with Crippen molar-refractivity contribution in [2.24, 2.45) is 0 Å². The summed E-state index contributed by atoms with van der Waals surface area (Å²) in [6, 6.07) is 14.5. The molecular weight excluding hydrogens is 364 g/mol. The Morgan fingerprint density at radius 3 is 2.59 bits per heavy atom. The van der Waals surface area contributed by atoms with Gasteiger partial charge in [-0.25, -0.2) is 0 Å². The minimum absolute atomic E-state index is 0.251. The average molecular weight is 379 g/mol. The number of hydrogen-bond acceptors (Lipinski definition) is 4. The third-order valence-corrected chi connectivity index (χ3v) is 4.24. The molecule has 0 bridgehead atoms. The molecule has 6 nitrogen and oxygen atoms in total. The molecule has 0 saturated heterocycles. The SMILES string of the molecule is Cc1cc2nn(-c3ccc(Cl)cc3)nc2cc1NC(=O)/C=C/c1ccco1. The predicted octanol–water partition coefficient (Wildman–Crippen LogP) is 4.63. The van der Waals surface area contributed by atoms with Gasteiger partial charge >= 0.3 is 0 Å². The zero-order chi connectivity index (χ0) is 18.8. The van der Waals surface area contributed by atoms with Gasteiger partial charge in [0.05, 0.1) is 12.0 Å². The number of nitrogens with one attached hydrogen (secondary N) is 1. The molecule has 7 heteroatoms. The topological polar surface area (TPSA) is 73.0 Å². The van der Waals surface area contributed by atoms with E-state index in [4.69, 9.17) is 16.0 Å². The molecule has 0 radical (unpaired) electrons. The molecule has 0 atom stereocenters. The van der Waals surface area contributed by atoms with Crippen molar-refractivity contribution in [1.82, 2.24) is 15.0 Å². The minimum atomic E-state index is -0.251. The fourth-order valence-corrected chi connectivity index (χ4v) is 2.74. The van der Waals surface area contributed by atoms with Crippen LogP contribution in [0.1, 0.15) is 11.3 Å². The third-order valence-electron chi connectivity index (χ3n) is 3.98. The first-order chi connectivity index (χ1) is 13.1. The number of furan rings is 1. The highest BCUT2D eigenvalue weighted by Gasteiger charge is 2.10. The van der Waals surface area contributed by atoms with Crippen LogP contribution in [-0.4, -0.2) is 20.9 Å². The van der Waals surface area contributed by atoms with E-state index in [-0.39, 0.29) is 5.91 Å². The predicted molar refractivity (Wildman–Crippen MR) is 105 cm³/mol. The number of nitrogens with zero attached hydrogens (tertiary/aromatic N) is 3. The molecule has 0 aliphatic carbocycles. The van der Waals surface area contributed by atoms with Crippen molar-refractivity contribution in [2.75, 3.05) is 5.32 Å². The molecule has 0 spiro atoms. The van der Waals surface area contributed by atoms with Crippen LogP contribution in [0, 0.1) is 6.92 Å². The number of halogens is 1. The maximum atomic E-state index is 12.2. The van der Waals surface area contributed by atoms with E-state index in [1.54, 1.807) is 41.4 Å². The summed E-state index contributed by atoms with van der Waals surface area (Å²) in [7, 11) is 0. The maximum Gasteiger partial charge on any atom is 0.248 e. The molecule has 2 aromatic heterocycles. The molecule has 27 heavy (non-hydrogen) atoms. The number of aromatic nitrogens is 3. The second kappa shape index (κ2) is 7.09. The van der Waals surface area contributed by atoms with E-state index in [1.807, 2.05) is 31.2 Å². The lowest BCUT2D eigenvalue weighted by Crippen LogP contribution is -2.08. The van der Waals surface area contributed by atoms with Crippen LogP contribution in [0.5, 0.6) is 0 Å². The van der Waals surface area contributed by atoms with Crippen LogP contribution in [-0.2, 0) is 4.79 Å². The van der Waals surface area contributed by atoms with Crippen molar-refractivity contribution in [1.29, 1.82) is 0 Å². The number of amides is 1. The number of anilines is 1. The van der Waals surface area contributed by atoms with E-state index in [1.165, 1.54) is 6.08 Å². The molecule has 0 aliphatic rings. The molecule has 1 N–H and O–H groups in total. The van der Waals surface area contributed by atoms with Gasteiger partial charge in [0.1, 0.15) is 16.8 Å². The fourth-order valence-electron chi connectivity index (χ4n) is 2.61. The summed E-state index contributed by atoms with van der Waals surface area (Å²) in [5.74, 6) is 0.363. The Balaban J connectivity index is 1.59. The normalized spacial score (nSPS) is 11.3. The molecular formula is C20H15ClN4O2. The molecule has 0 aliphatic heterocycles. The second-order valence-electron chi connectivity index (χ2n) is 5.96. The standard InChI is InChI=1S/C20H15ClN4O2/c1-13-11-18-19(24-25(23-18)15-6-4-14(21)5-7-15)12-17(13)22-20(26)9-8-16-3-2-10-27-16/h2-12H,1H3,(H,22,26)/b9-8+. The summed E-state index contributed by atoms with van der Waals surface area (Å²) in [6.45, 7) is 1.91. The van der Waals surface area contributed by atoms with Crippen LogP contribution in [0.25, 0.3) is 22.8 Å². The number of carbonyl (C=O) groups is 1. The Bertz CT molecular complexity index is 1130. The zero-order valence-corrected chi connectivity index (χ0v) is 15.1. The Kier molecular flexibility index (Phi) is 4.48. The van der Waals surface area contributed by atoms with Gasteiger partial charge in [0.15, 0.2) is 0 Å². The Morgan fingerprint density at radius 1 is 1.15 bits per heavy atom. The number of carbonyl (C=O) groups excluding carboxylic acids is 1. The van der Waals surface area contributed by atoms with Crippen LogP contribution in [0.3, 0.4) is 0 Å². The Morgan fingerprint density at radius 2 is 1.89 bits per heavy atom. The van der Waals surface area contributed by atoms with E-state index in [9.17, 15) is 4.79 Å². The first kappa shape index (κ1) is 17.1. The molecule has 0 fully saturated rings. The number of aryl methyl sites for hydroxylation is 1. The van der Waals surface area contributed by atoms with Crippen molar-refractivity contribution in [3.05, 3.63) is 77.2 Å². The molecule has 0 unspecified atom stereocenters. The highest BCUT2D eigenvalue weighted by atomic mass is 35.5. The van der Waals surface area contributed by atoms with Crippen molar-refractivity contribution in [2.45, 2.75) is 6.92 Å². The maximum absolute atomic E-state index is 12.2. The van der Waals surface area contributed by atoms with Crippen LogP contribution in [0.4, 0.5) is 5.69 Å². The lowest BCUT2D eigenvalue weighted by Gasteiger charge is -2.05. The van der Waals surface area contributed by atoms with E-state index in [0.717, 1.165) is 16.8 Å². The molecule has 1 amide bonds. The van der Waals surface area contributed by atoms with E-state index >= 15 is 0 Å². The summed E-state index contributed by atoms with van der Waals surface area (Å²) in [4.78, 5) is 13.7. The lowest BCUT2D eigenvalue weighted by atomic mass is 10.1. The van der Waals surface area contributed by atoms with Gasteiger partial charge in [-0.3, -0.25) is 4.79 Å². The summed E-state index contributed by atoms with van der Waals surface area (Å²) in [6.07, 6.45) is 4.59. The van der Waals surface area contributed by atoms with Crippen LogP contribution >= 0.6 is 11.6 Å². The molecule has 4 rings (SSSR count). The van der Waals surface area contributed by atoms with Gasteiger partial charge in [0.2, 0.25) is 5.91 Å². The number of rotatable bonds is 4. The summed E-state index contributed by atoms with van der Waals surface area (Å²) < 4.78 is 5.17. The highest BCUT2D eigenvalue weighted by molar-refractivity contribution is 6.30. The third kappa shape index (κ3) is 3.75. The molecule has 2 aromatic carbocycles. The molecule has 2 heterocycles. The van der Waals surface area contributed by atoms with E-state index < -0.39 is 0 Å². The first-order valence-corrected chi connectivity index (χ1v) is 8.62. The van der Waals surface area contributed by atoms with Crippen LogP contribution < -0.4 is 5.32 Å². The van der Waals surface area contributed by atoms with Crippen LogP contribution in [0.2, 0.25) is 5.02 Å². The highest BCUT2D eigenvalue weighted by Crippen LogP contribution is 2.22. The summed E-state index contributed by atoms with van der Waals surface area (Å²) >= 11 is 5.92. The van der Waals surface area contributed by atoms with Gasteiger partial charge in [-0.05, 0) is 67.1 Å². The molecule has 0 saturated carbocycles. The van der Waals surface area contributed by atoms with Crippen molar-refractivity contribution in [3.8, 4) is 5.69 Å². The van der Waals surface area contributed by atoms with Gasteiger partial charge in [-0.2, -0.15) is 4.80 Å². The van der Waals surface area contributed by atoms with Crippen LogP contribution in [0.15, 0.2) is 65.3 Å². The van der Waals surface area contributed by atoms with Crippen molar-refractivity contribution in [3.63, 3.8) is 0 Å². The zero-order valence-electron chi connectivity index (χ0n) is 14.4. The first-order valence-electron chi connectivity index (χ1n) is 8.25. The monoisotopic (exact) mass is 378 g/mol. The largest absolute Gasteiger partial charge is 0.465 e. The van der Waals surface area contributed by atoms with Gasteiger partial charge < -0.3 is 9.73 Å². The number of benzene rings is 2. The summed E-state index contributed by atoms with van der Waals surface area (Å²) in [5, 5.41) is 12.5. The number of fused-ring (bicyclic) bond motifs is 1. The Hall–Kier alpha value is -3.38. The molecule has 4 aromatic rings. The quantitative estimate of drug-likeness (QED) is 0.525. The van der Waals surface area contributed by atoms with E-state index in [0.29, 0.717) is 22.0 Å². The smallest absolute Gasteiger partial charge is 0.248 e. The average Bonchev–Trinajstić information content (AvgIpc) is 3.30. The fraction of sp³-hybridized carbons (Fsp3) is 0.0500. The lowest BCUT2D eigenvalue weighted by molar-refractivity contribution is -0.111.